The first-order valence-electron chi connectivity index (χ1n) is 6.02. The van der Waals surface area contributed by atoms with E-state index >= 15 is 0 Å². The molecular weight excluding hydrogens is 306 g/mol. The van der Waals surface area contributed by atoms with Crippen LogP contribution in [-0.2, 0) is 5.41 Å². The van der Waals surface area contributed by atoms with E-state index in [1.165, 1.54) is 0 Å². The quantitative estimate of drug-likeness (QED) is 0.877. The monoisotopic (exact) mass is 321 g/mol. The van der Waals surface area contributed by atoms with Crippen molar-refractivity contribution in [3.63, 3.8) is 0 Å². The third kappa shape index (κ3) is 2.92. The Bertz CT molecular complexity index is 654. The Balaban J connectivity index is 2.63. The van der Waals surface area contributed by atoms with Gasteiger partial charge in [-0.1, -0.05) is 26.8 Å². The molecule has 2 heterocycles. The summed E-state index contributed by atoms with van der Waals surface area (Å²) < 4.78 is 0.482. The minimum Gasteiger partial charge on any atom is -0.304 e. The maximum absolute atomic E-state index is 12.0. The predicted molar refractivity (Wildman–Crippen MR) is 79.2 cm³/mol. The molecule has 5 heteroatoms. The van der Waals surface area contributed by atoms with Gasteiger partial charge in [-0.05, 0) is 34.5 Å². The van der Waals surface area contributed by atoms with Gasteiger partial charge in [0, 0.05) is 11.6 Å². The predicted octanol–water partition coefficient (Wildman–Crippen LogP) is 3.20. The maximum atomic E-state index is 12.0. The summed E-state index contributed by atoms with van der Waals surface area (Å²) in [4.78, 5) is 23.6. The zero-order chi connectivity index (χ0) is 14.2. The second kappa shape index (κ2) is 4.89. The van der Waals surface area contributed by atoms with Gasteiger partial charge in [0.2, 0.25) is 0 Å². The standard InChI is InChI=1S/C14H16BrN3O/c1-8-5-6-9(16-7-8)12-17-11(14(2,3)4)10(15)13(19)18-12/h5-7H,1-4H3,(H,17,18,19). The lowest BCUT2D eigenvalue weighted by atomic mass is 9.92. The lowest BCUT2D eigenvalue weighted by Crippen LogP contribution is -2.22. The number of pyridine rings is 1. The van der Waals surface area contributed by atoms with Crippen LogP contribution >= 0.6 is 15.9 Å². The maximum Gasteiger partial charge on any atom is 0.265 e. The van der Waals surface area contributed by atoms with Crippen LogP contribution in [0.1, 0.15) is 32.0 Å². The van der Waals surface area contributed by atoms with Crippen LogP contribution in [0, 0.1) is 6.92 Å². The van der Waals surface area contributed by atoms with Crippen molar-refractivity contribution in [1.82, 2.24) is 15.0 Å². The first kappa shape index (κ1) is 13.9. The third-order valence-corrected chi connectivity index (χ3v) is 3.46. The fraction of sp³-hybridized carbons (Fsp3) is 0.357. The van der Waals surface area contributed by atoms with E-state index in [0.717, 1.165) is 11.3 Å². The molecule has 0 spiro atoms. The van der Waals surface area contributed by atoms with Crippen LogP contribution in [0.3, 0.4) is 0 Å². The molecule has 0 aliphatic carbocycles. The van der Waals surface area contributed by atoms with Crippen molar-refractivity contribution >= 4 is 15.9 Å². The van der Waals surface area contributed by atoms with Crippen LogP contribution in [0.5, 0.6) is 0 Å². The normalized spacial score (nSPS) is 11.6. The fourth-order valence-corrected chi connectivity index (χ4v) is 2.47. The van der Waals surface area contributed by atoms with Gasteiger partial charge in [-0.15, -0.1) is 0 Å². The Morgan fingerprint density at radius 3 is 2.47 bits per heavy atom. The number of rotatable bonds is 1. The first-order valence-corrected chi connectivity index (χ1v) is 6.81. The summed E-state index contributed by atoms with van der Waals surface area (Å²) >= 11 is 3.31. The number of hydrogen-bond acceptors (Lipinski definition) is 3. The molecule has 0 unspecified atom stereocenters. The zero-order valence-corrected chi connectivity index (χ0v) is 13.0. The number of aryl methyl sites for hydroxylation is 1. The van der Waals surface area contributed by atoms with E-state index in [1.807, 2.05) is 39.8 Å². The summed E-state index contributed by atoms with van der Waals surface area (Å²) in [5.74, 6) is 0.498. The molecule has 2 rings (SSSR count). The fourth-order valence-electron chi connectivity index (χ4n) is 1.68. The number of nitrogens with one attached hydrogen (secondary N) is 1. The molecule has 0 bridgehead atoms. The number of H-pyrrole nitrogens is 1. The van der Waals surface area contributed by atoms with E-state index in [2.05, 4.69) is 30.9 Å². The Hall–Kier alpha value is -1.49. The van der Waals surface area contributed by atoms with Crippen LogP contribution in [-0.4, -0.2) is 15.0 Å². The topological polar surface area (TPSA) is 58.6 Å². The Morgan fingerprint density at radius 2 is 1.95 bits per heavy atom. The molecule has 0 saturated carbocycles. The van der Waals surface area contributed by atoms with Gasteiger partial charge in [0.05, 0.1) is 5.69 Å². The van der Waals surface area contributed by atoms with Gasteiger partial charge >= 0.3 is 0 Å². The summed E-state index contributed by atoms with van der Waals surface area (Å²) in [5, 5.41) is 0. The number of nitrogens with zero attached hydrogens (tertiary/aromatic N) is 2. The minimum atomic E-state index is -0.216. The molecule has 4 nitrogen and oxygen atoms in total. The minimum absolute atomic E-state index is 0.183. The van der Waals surface area contributed by atoms with Gasteiger partial charge in [0.1, 0.15) is 10.2 Å². The Morgan fingerprint density at radius 1 is 1.26 bits per heavy atom. The summed E-state index contributed by atoms with van der Waals surface area (Å²) in [7, 11) is 0. The van der Waals surface area contributed by atoms with Crippen LogP contribution < -0.4 is 5.56 Å². The molecule has 0 fully saturated rings. The van der Waals surface area contributed by atoms with E-state index in [1.54, 1.807) is 6.20 Å². The molecule has 0 amide bonds. The van der Waals surface area contributed by atoms with Gasteiger partial charge in [0.15, 0.2) is 5.82 Å². The highest BCUT2D eigenvalue weighted by atomic mass is 79.9. The van der Waals surface area contributed by atoms with E-state index in [9.17, 15) is 4.79 Å². The summed E-state index contributed by atoms with van der Waals surface area (Å²) in [6, 6.07) is 3.80. The Kier molecular flexibility index (Phi) is 3.58. The molecule has 2 aromatic rings. The second-order valence-electron chi connectivity index (χ2n) is 5.55. The molecule has 0 saturated heterocycles. The largest absolute Gasteiger partial charge is 0.304 e. The van der Waals surface area contributed by atoms with Crippen molar-refractivity contribution in [2.24, 2.45) is 0 Å². The lowest BCUT2D eigenvalue weighted by Gasteiger charge is -2.19. The van der Waals surface area contributed by atoms with Crippen molar-refractivity contribution in [2.75, 3.05) is 0 Å². The van der Waals surface area contributed by atoms with Crippen LogP contribution in [0.25, 0.3) is 11.5 Å². The molecule has 0 aromatic carbocycles. The van der Waals surface area contributed by atoms with Crippen molar-refractivity contribution in [1.29, 1.82) is 0 Å². The van der Waals surface area contributed by atoms with Gasteiger partial charge in [-0.2, -0.15) is 0 Å². The van der Waals surface area contributed by atoms with Crippen molar-refractivity contribution in [3.8, 4) is 11.5 Å². The molecule has 0 aliphatic rings. The van der Waals surface area contributed by atoms with Gasteiger partial charge in [0.25, 0.3) is 5.56 Å². The molecule has 0 atom stereocenters. The van der Waals surface area contributed by atoms with Gasteiger partial charge in [-0.25, -0.2) is 4.98 Å². The van der Waals surface area contributed by atoms with Gasteiger partial charge in [-0.3, -0.25) is 9.78 Å². The molecule has 19 heavy (non-hydrogen) atoms. The van der Waals surface area contributed by atoms with Gasteiger partial charge < -0.3 is 4.98 Å². The molecule has 1 N–H and O–H groups in total. The molecule has 2 aromatic heterocycles. The third-order valence-electron chi connectivity index (χ3n) is 2.73. The molecule has 0 aliphatic heterocycles. The molecule has 0 radical (unpaired) electrons. The highest BCUT2D eigenvalue weighted by Gasteiger charge is 2.22. The SMILES string of the molecule is Cc1ccc(-c2nc(C(C)(C)C)c(Br)c(=O)[nH]2)nc1. The summed E-state index contributed by atoms with van der Waals surface area (Å²) in [6.07, 6.45) is 1.76. The average molecular weight is 322 g/mol. The van der Waals surface area contributed by atoms with Crippen LogP contribution in [0.2, 0.25) is 0 Å². The van der Waals surface area contributed by atoms with Crippen LogP contribution in [0.15, 0.2) is 27.6 Å². The van der Waals surface area contributed by atoms with E-state index in [0.29, 0.717) is 16.0 Å². The summed E-state index contributed by atoms with van der Waals surface area (Å²) in [5.41, 5.74) is 2.07. The molecular formula is C14H16BrN3O. The Labute approximate surface area is 120 Å². The van der Waals surface area contributed by atoms with E-state index in [4.69, 9.17) is 0 Å². The first-order chi connectivity index (χ1) is 8.79. The van der Waals surface area contributed by atoms with Crippen molar-refractivity contribution in [3.05, 3.63) is 44.4 Å². The second-order valence-corrected chi connectivity index (χ2v) is 6.34. The average Bonchev–Trinajstić information content (AvgIpc) is 2.32. The zero-order valence-electron chi connectivity index (χ0n) is 11.4. The lowest BCUT2D eigenvalue weighted by molar-refractivity contribution is 0.562. The number of hydrogen-bond donors (Lipinski definition) is 1. The van der Waals surface area contributed by atoms with Crippen molar-refractivity contribution in [2.45, 2.75) is 33.1 Å². The molecule has 100 valence electrons. The van der Waals surface area contributed by atoms with Crippen LogP contribution in [0.4, 0.5) is 0 Å². The van der Waals surface area contributed by atoms with E-state index in [-0.39, 0.29) is 11.0 Å². The number of aromatic nitrogens is 3. The van der Waals surface area contributed by atoms with Crippen molar-refractivity contribution < 1.29 is 0 Å². The number of halogens is 1. The smallest absolute Gasteiger partial charge is 0.265 e. The highest BCUT2D eigenvalue weighted by molar-refractivity contribution is 9.10. The number of aromatic amines is 1. The highest BCUT2D eigenvalue weighted by Crippen LogP contribution is 2.26. The summed E-state index contributed by atoms with van der Waals surface area (Å²) in [6.45, 7) is 8.03. The van der Waals surface area contributed by atoms with E-state index < -0.39 is 0 Å².